The first kappa shape index (κ1) is 12.7. The van der Waals surface area contributed by atoms with Gasteiger partial charge in [0.05, 0.1) is 6.42 Å². The number of hydrogen-bond acceptors (Lipinski definition) is 4. The van der Waals surface area contributed by atoms with Crippen LogP contribution in [0.2, 0.25) is 0 Å². The number of nitrogens with zero attached hydrogens (tertiary/aromatic N) is 2. The number of nitrogens with one attached hydrogen (secondary N) is 1. The Balaban J connectivity index is 2.02. The number of aromatic nitrogens is 2. The van der Waals surface area contributed by atoms with Gasteiger partial charge in [0, 0.05) is 12.5 Å². The summed E-state index contributed by atoms with van der Waals surface area (Å²) in [5.41, 5.74) is 0.826. The zero-order chi connectivity index (χ0) is 13.0. The largest absolute Gasteiger partial charge is 0.339 e. The van der Waals surface area contributed by atoms with Crippen LogP contribution in [0.15, 0.2) is 28.8 Å². The molecular formula is C13H16FN3O. The predicted molar refractivity (Wildman–Crippen MR) is 65.7 cm³/mol. The van der Waals surface area contributed by atoms with E-state index in [-0.39, 0.29) is 5.82 Å². The maximum absolute atomic E-state index is 13.0. The highest BCUT2D eigenvalue weighted by Gasteiger charge is 2.10. The van der Waals surface area contributed by atoms with Crippen molar-refractivity contribution in [3.8, 4) is 0 Å². The third-order valence-electron chi connectivity index (χ3n) is 2.74. The zero-order valence-electron chi connectivity index (χ0n) is 10.5. The second kappa shape index (κ2) is 5.73. The monoisotopic (exact) mass is 249 g/mol. The highest BCUT2D eigenvalue weighted by atomic mass is 19.1. The van der Waals surface area contributed by atoms with Crippen molar-refractivity contribution in [2.75, 3.05) is 7.05 Å². The van der Waals surface area contributed by atoms with Crippen LogP contribution in [0.25, 0.3) is 0 Å². The Morgan fingerprint density at radius 3 is 3.00 bits per heavy atom. The van der Waals surface area contributed by atoms with E-state index in [4.69, 9.17) is 4.52 Å². The van der Waals surface area contributed by atoms with E-state index in [1.807, 2.05) is 20.0 Å². The summed E-state index contributed by atoms with van der Waals surface area (Å²) < 4.78 is 18.2. The van der Waals surface area contributed by atoms with Gasteiger partial charge in [-0.15, -0.1) is 0 Å². The molecule has 1 atom stereocenters. The van der Waals surface area contributed by atoms with E-state index in [9.17, 15) is 4.39 Å². The molecule has 0 aliphatic carbocycles. The molecule has 1 unspecified atom stereocenters. The van der Waals surface area contributed by atoms with E-state index in [2.05, 4.69) is 15.5 Å². The summed E-state index contributed by atoms with van der Waals surface area (Å²) >= 11 is 0. The summed E-state index contributed by atoms with van der Waals surface area (Å²) in [6, 6.07) is 6.69. The lowest BCUT2D eigenvalue weighted by Gasteiger charge is -2.04. The van der Waals surface area contributed by atoms with Crippen molar-refractivity contribution in [2.45, 2.75) is 25.8 Å². The van der Waals surface area contributed by atoms with E-state index >= 15 is 0 Å². The summed E-state index contributed by atoms with van der Waals surface area (Å²) in [6.45, 7) is 2.04. The maximum atomic E-state index is 13.0. The smallest absolute Gasteiger partial charge is 0.231 e. The first-order valence-electron chi connectivity index (χ1n) is 5.90. The Hall–Kier alpha value is -1.75. The Kier molecular flexibility index (Phi) is 4.04. The molecule has 5 heteroatoms. The molecule has 0 aliphatic rings. The average molecular weight is 249 g/mol. The first-order valence-corrected chi connectivity index (χ1v) is 5.90. The summed E-state index contributed by atoms with van der Waals surface area (Å²) in [6.07, 6.45) is 1.17. The molecule has 0 saturated heterocycles. The second-order valence-corrected chi connectivity index (χ2v) is 4.30. The Bertz CT molecular complexity index is 512. The van der Waals surface area contributed by atoms with Crippen molar-refractivity contribution < 1.29 is 8.91 Å². The summed E-state index contributed by atoms with van der Waals surface area (Å²) in [7, 11) is 1.89. The van der Waals surface area contributed by atoms with Crippen molar-refractivity contribution in [1.82, 2.24) is 15.5 Å². The molecule has 0 aliphatic heterocycles. The molecule has 1 aromatic heterocycles. The number of halogens is 1. The molecule has 18 heavy (non-hydrogen) atoms. The summed E-state index contributed by atoms with van der Waals surface area (Å²) in [4.78, 5) is 4.28. The standard InChI is InChI=1S/C13H16FN3O/c1-9(15-2)6-12-16-13(18-17-12)8-10-4-3-5-11(14)7-10/h3-5,7,9,15H,6,8H2,1-2H3. The van der Waals surface area contributed by atoms with E-state index < -0.39 is 0 Å². The Labute approximate surface area is 105 Å². The molecule has 0 spiro atoms. The van der Waals surface area contributed by atoms with Gasteiger partial charge in [0.2, 0.25) is 5.89 Å². The van der Waals surface area contributed by atoms with Crippen molar-refractivity contribution in [3.05, 3.63) is 47.4 Å². The average Bonchev–Trinajstić information content (AvgIpc) is 2.76. The van der Waals surface area contributed by atoms with Crippen LogP contribution in [0, 0.1) is 5.82 Å². The van der Waals surface area contributed by atoms with Crippen LogP contribution in [-0.4, -0.2) is 23.2 Å². The third kappa shape index (κ3) is 3.37. The number of hydrogen-bond donors (Lipinski definition) is 1. The van der Waals surface area contributed by atoms with Gasteiger partial charge in [0.15, 0.2) is 5.82 Å². The molecule has 1 heterocycles. The predicted octanol–water partition coefficient (Wildman–Crippen LogP) is 1.95. The topological polar surface area (TPSA) is 51.0 Å². The lowest BCUT2D eigenvalue weighted by Crippen LogP contribution is -2.24. The molecule has 2 rings (SSSR count). The first-order chi connectivity index (χ1) is 8.67. The Morgan fingerprint density at radius 1 is 1.44 bits per heavy atom. The molecule has 0 bridgehead atoms. The van der Waals surface area contributed by atoms with Crippen LogP contribution in [0.5, 0.6) is 0 Å². The molecule has 0 fully saturated rings. The zero-order valence-corrected chi connectivity index (χ0v) is 10.5. The highest BCUT2D eigenvalue weighted by molar-refractivity contribution is 5.19. The molecule has 96 valence electrons. The van der Waals surface area contributed by atoms with E-state index in [0.29, 0.717) is 30.6 Å². The van der Waals surface area contributed by atoms with Crippen LogP contribution >= 0.6 is 0 Å². The van der Waals surface area contributed by atoms with Gasteiger partial charge in [-0.05, 0) is 31.7 Å². The minimum atomic E-state index is -0.254. The Morgan fingerprint density at radius 2 is 2.28 bits per heavy atom. The molecule has 1 aromatic carbocycles. The van der Waals surface area contributed by atoms with Crippen molar-refractivity contribution in [1.29, 1.82) is 0 Å². The van der Waals surface area contributed by atoms with E-state index in [1.54, 1.807) is 6.07 Å². The third-order valence-corrected chi connectivity index (χ3v) is 2.74. The van der Waals surface area contributed by atoms with Crippen molar-refractivity contribution in [3.63, 3.8) is 0 Å². The number of rotatable bonds is 5. The van der Waals surface area contributed by atoms with Crippen LogP contribution in [0.4, 0.5) is 4.39 Å². The maximum Gasteiger partial charge on any atom is 0.231 e. The highest BCUT2D eigenvalue weighted by Crippen LogP contribution is 2.10. The second-order valence-electron chi connectivity index (χ2n) is 4.30. The van der Waals surface area contributed by atoms with Gasteiger partial charge < -0.3 is 9.84 Å². The normalized spacial score (nSPS) is 12.6. The van der Waals surface area contributed by atoms with Crippen LogP contribution < -0.4 is 5.32 Å². The van der Waals surface area contributed by atoms with Gasteiger partial charge in [-0.2, -0.15) is 4.98 Å². The van der Waals surface area contributed by atoms with Crippen molar-refractivity contribution >= 4 is 0 Å². The number of benzene rings is 1. The van der Waals surface area contributed by atoms with Crippen LogP contribution in [-0.2, 0) is 12.8 Å². The fraction of sp³-hybridized carbons (Fsp3) is 0.385. The molecule has 0 saturated carbocycles. The van der Waals surface area contributed by atoms with Gasteiger partial charge in [-0.3, -0.25) is 0 Å². The fourth-order valence-electron chi connectivity index (χ4n) is 1.64. The van der Waals surface area contributed by atoms with Gasteiger partial charge in [-0.25, -0.2) is 4.39 Å². The van der Waals surface area contributed by atoms with Gasteiger partial charge in [0.25, 0.3) is 0 Å². The molecule has 4 nitrogen and oxygen atoms in total. The van der Waals surface area contributed by atoms with E-state index in [1.165, 1.54) is 12.1 Å². The van der Waals surface area contributed by atoms with Crippen LogP contribution in [0.1, 0.15) is 24.2 Å². The quantitative estimate of drug-likeness (QED) is 0.880. The van der Waals surface area contributed by atoms with Gasteiger partial charge in [0.1, 0.15) is 5.82 Å². The number of likely N-dealkylation sites (N-methyl/N-ethyl adjacent to an activating group) is 1. The summed E-state index contributed by atoms with van der Waals surface area (Å²) in [5, 5.41) is 7.01. The van der Waals surface area contributed by atoms with Crippen LogP contribution in [0.3, 0.4) is 0 Å². The SMILES string of the molecule is CNC(C)Cc1noc(Cc2cccc(F)c2)n1. The lowest BCUT2D eigenvalue weighted by atomic mass is 10.1. The van der Waals surface area contributed by atoms with Crippen molar-refractivity contribution in [2.24, 2.45) is 0 Å². The lowest BCUT2D eigenvalue weighted by molar-refractivity contribution is 0.377. The molecular weight excluding hydrogens is 233 g/mol. The molecule has 0 amide bonds. The summed E-state index contributed by atoms with van der Waals surface area (Å²) in [5.74, 6) is 0.929. The minimum absolute atomic E-state index is 0.254. The van der Waals surface area contributed by atoms with Gasteiger partial charge in [-0.1, -0.05) is 17.3 Å². The van der Waals surface area contributed by atoms with E-state index in [0.717, 1.165) is 5.56 Å². The van der Waals surface area contributed by atoms with Gasteiger partial charge >= 0.3 is 0 Å². The molecule has 1 N–H and O–H groups in total. The molecule has 0 radical (unpaired) electrons. The fourth-order valence-corrected chi connectivity index (χ4v) is 1.64. The minimum Gasteiger partial charge on any atom is -0.339 e. The molecule has 2 aromatic rings.